The summed E-state index contributed by atoms with van der Waals surface area (Å²) in [6, 6.07) is 18.0. The molecule has 1 aromatic heterocycles. The van der Waals surface area contributed by atoms with Gasteiger partial charge in [0.15, 0.2) is 0 Å². The summed E-state index contributed by atoms with van der Waals surface area (Å²) in [5.41, 5.74) is 3.92. The first-order valence-electron chi connectivity index (χ1n) is 8.41. The fourth-order valence-electron chi connectivity index (χ4n) is 2.52. The summed E-state index contributed by atoms with van der Waals surface area (Å²) in [7, 11) is 0. The highest BCUT2D eigenvalue weighted by Crippen LogP contribution is 2.33. The first-order chi connectivity index (χ1) is 12.7. The molecular formula is C22H20N2OS. The van der Waals surface area contributed by atoms with Crippen LogP contribution in [0.2, 0.25) is 0 Å². The average Bonchev–Trinajstić information content (AvgIpc) is 3.05. The Labute approximate surface area is 157 Å². The van der Waals surface area contributed by atoms with Crippen molar-refractivity contribution in [1.82, 2.24) is 4.98 Å². The number of aryl methyl sites for hydroxylation is 1. The molecule has 0 aliphatic heterocycles. The molecule has 0 aliphatic rings. The maximum atomic E-state index is 11.8. The molecular weight excluding hydrogens is 340 g/mol. The van der Waals surface area contributed by atoms with Crippen LogP contribution in [0.5, 0.6) is 0 Å². The third-order valence-corrected chi connectivity index (χ3v) is 4.81. The van der Waals surface area contributed by atoms with Crippen LogP contribution in [0.25, 0.3) is 21.8 Å². The smallest absolute Gasteiger partial charge is 0.248 e. The zero-order valence-electron chi connectivity index (χ0n) is 14.8. The number of nitrogens with zero attached hydrogens (tertiary/aromatic N) is 1. The minimum absolute atomic E-state index is 0.146. The van der Waals surface area contributed by atoms with Gasteiger partial charge in [-0.25, -0.2) is 4.98 Å². The number of carbonyl (C=O) groups excluding carboxylic acids is 1. The van der Waals surface area contributed by atoms with Crippen LogP contribution in [0.1, 0.15) is 11.8 Å². The largest absolute Gasteiger partial charge is 0.323 e. The van der Waals surface area contributed by atoms with Crippen LogP contribution < -0.4 is 5.32 Å². The molecule has 4 heteroatoms. The Bertz CT molecular complexity index is 938. The maximum absolute atomic E-state index is 11.8. The quantitative estimate of drug-likeness (QED) is 0.457. The molecule has 0 bridgehead atoms. The van der Waals surface area contributed by atoms with E-state index in [1.165, 1.54) is 11.0 Å². The molecule has 1 heterocycles. The number of rotatable bonds is 5. The molecule has 0 saturated carbocycles. The van der Waals surface area contributed by atoms with Crippen LogP contribution in [0.4, 0.5) is 5.69 Å². The van der Waals surface area contributed by atoms with E-state index in [1.807, 2.05) is 61.5 Å². The molecule has 26 heavy (non-hydrogen) atoms. The Morgan fingerprint density at radius 2 is 1.73 bits per heavy atom. The van der Waals surface area contributed by atoms with Crippen LogP contribution >= 0.6 is 11.3 Å². The number of hydrogen-bond donors (Lipinski definition) is 1. The molecule has 0 fully saturated rings. The number of amides is 1. The Kier molecular flexibility index (Phi) is 5.77. The number of benzene rings is 2. The van der Waals surface area contributed by atoms with E-state index in [0.717, 1.165) is 27.5 Å². The molecule has 1 N–H and O–H groups in total. The highest BCUT2D eigenvalue weighted by Gasteiger charge is 2.11. The zero-order chi connectivity index (χ0) is 18.4. The fourth-order valence-corrected chi connectivity index (χ4v) is 3.46. The van der Waals surface area contributed by atoms with Crippen molar-refractivity contribution < 1.29 is 4.79 Å². The van der Waals surface area contributed by atoms with E-state index in [4.69, 9.17) is 4.98 Å². The molecule has 0 unspecified atom stereocenters. The summed E-state index contributed by atoms with van der Waals surface area (Å²) >= 11 is 1.69. The number of carbonyl (C=O) groups is 1. The van der Waals surface area contributed by atoms with Crippen molar-refractivity contribution >= 4 is 22.9 Å². The van der Waals surface area contributed by atoms with Crippen molar-refractivity contribution in [1.29, 1.82) is 0 Å². The Morgan fingerprint density at radius 3 is 2.42 bits per heavy atom. The van der Waals surface area contributed by atoms with Crippen LogP contribution in [0.15, 0.2) is 78.9 Å². The van der Waals surface area contributed by atoms with E-state index in [9.17, 15) is 4.79 Å². The van der Waals surface area contributed by atoms with Gasteiger partial charge in [-0.2, -0.15) is 0 Å². The molecule has 3 aromatic rings. The molecule has 0 radical (unpaired) electrons. The van der Waals surface area contributed by atoms with Crippen LogP contribution in [0.3, 0.4) is 0 Å². The van der Waals surface area contributed by atoms with Gasteiger partial charge < -0.3 is 5.32 Å². The molecule has 130 valence electrons. The van der Waals surface area contributed by atoms with Gasteiger partial charge in [0.2, 0.25) is 5.91 Å². The van der Waals surface area contributed by atoms with E-state index in [-0.39, 0.29) is 5.91 Å². The van der Waals surface area contributed by atoms with Gasteiger partial charge in [0.25, 0.3) is 0 Å². The third kappa shape index (κ3) is 4.35. The molecule has 0 saturated heterocycles. The highest BCUT2D eigenvalue weighted by atomic mass is 32.1. The van der Waals surface area contributed by atoms with Crippen LogP contribution in [-0.4, -0.2) is 10.9 Å². The normalized spacial score (nSPS) is 11.3. The lowest BCUT2D eigenvalue weighted by molar-refractivity contribution is -0.111. The molecule has 3 rings (SSSR count). The minimum atomic E-state index is -0.146. The van der Waals surface area contributed by atoms with Crippen molar-refractivity contribution in [2.75, 3.05) is 5.32 Å². The number of allylic oxidation sites excluding steroid dienone is 3. The van der Waals surface area contributed by atoms with Crippen LogP contribution in [-0.2, 0) is 4.79 Å². The number of nitrogens with one attached hydrogen (secondary N) is 1. The second-order valence-corrected chi connectivity index (χ2v) is 6.94. The van der Waals surface area contributed by atoms with Gasteiger partial charge in [-0.3, -0.25) is 4.79 Å². The van der Waals surface area contributed by atoms with Crippen molar-refractivity contribution in [3.63, 3.8) is 0 Å². The number of anilines is 1. The van der Waals surface area contributed by atoms with Crippen LogP contribution in [0, 0.1) is 6.92 Å². The Morgan fingerprint density at radius 1 is 1.00 bits per heavy atom. The second-order valence-electron chi connectivity index (χ2n) is 5.74. The predicted molar refractivity (Wildman–Crippen MR) is 110 cm³/mol. The van der Waals surface area contributed by atoms with Gasteiger partial charge >= 0.3 is 0 Å². The average molecular weight is 360 g/mol. The van der Waals surface area contributed by atoms with Gasteiger partial charge in [0, 0.05) is 27.8 Å². The van der Waals surface area contributed by atoms with E-state index in [0.29, 0.717) is 0 Å². The Hall–Kier alpha value is -2.98. The molecule has 2 aromatic carbocycles. The maximum Gasteiger partial charge on any atom is 0.248 e. The van der Waals surface area contributed by atoms with Crippen molar-refractivity contribution in [2.24, 2.45) is 0 Å². The lowest BCUT2D eigenvalue weighted by Gasteiger charge is -2.04. The zero-order valence-corrected chi connectivity index (χ0v) is 15.6. The van der Waals surface area contributed by atoms with E-state index in [2.05, 4.69) is 24.4 Å². The SMILES string of the molecule is C/C=C/C=C/C(=O)Nc1ccc(-c2nc(-c3ccccc3)sc2C)cc1. The molecule has 3 nitrogen and oxygen atoms in total. The monoisotopic (exact) mass is 360 g/mol. The van der Waals surface area contributed by atoms with Gasteiger partial charge in [-0.15, -0.1) is 11.3 Å². The van der Waals surface area contributed by atoms with Gasteiger partial charge in [0.1, 0.15) is 5.01 Å². The summed E-state index contributed by atoms with van der Waals surface area (Å²) < 4.78 is 0. The molecule has 0 atom stereocenters. The second kappa shape index (κ2) is 8.41. The predicted octanol–water partition coefficient (Wildman–Crippen LogP) is 5.86. The fraction of sp³-hybridized carbons (Fsp3) is 0.0909. The summed E-state index contributed by atoms with van der Waals surface area (Å²) in [5, 5.41) is 3.87. The summed E-state index contributed by atoms with van der Waals surface area (Å²) in [5.74, 6) is -0.146. The van der Waals surface area contributed by atoms with Gasteiger partial charge in [-0.1, -0.05) is 60.7 Å². The lowest BCUT2D eigenvalue weighted by atomic mass is 10.1. The number of hydrogen-bond acceptors (Lipinski definition) is 3. The first kappa shape index (κ1) is 17.8. The standard InChI is InChI=1S/C22H20N2OS/c1-3-4-6-11-20(25)23-19-14-12-17(13-15-19)21-16(2)26-22(24-21)18-9-7-5-8-10-18/h3-15H,1-2H3,(H,23,25)/b4-3+,11-6+. The number of aromatic nitrogens is 1. The minimum Gasteiger partial charge on any atom is -0.323 e. The van der Waals surface area contributed by atoms with E-state index < -0.39 is 0 Å². The summed E-state index contributed by atoms with van der Waals surface area (Å²) in [6.45, 7) is 3.99. The van der Waals surface area contributed by atoms with Crippen molar-refractivity contribution in [2.45, 2.75) is 13.8 Å². The van der Waals surface area contributed by atoms with E-state index in [1.54, 1.807) is 17.4 Å². The Balaban J connectivity index is 1.77. The molecule has 0 aliphatic carbocycles. The van der Waals surface area contributed by atoms with Crippen molar-refractivity contribution in [3.8, 4) is 21.8 Å². The van der Waals surface area contributed by atoms with E-state index >= 15 is 0 Å². The lowest BCUT2D eigenvalue weighted by Crippen LogP contribution is -2.07. The highest BCUT2D eigenvalue weighted by molar-refractivity contribution is 7.15. The van der Waals surface area contributed by atoms with Gasteiger partial charge in [0.05, 0.1) is 5.69 Å². The molecule has 0 spiro atoms. The molecule has 1 amide bonds. The van der Waals surface area contributed by atoms with Crippen molar-refractivity contribution in [3.05, 3.63) is 83.8 Å². The summed E-state index contributed by atoms with van der Waals surface area (Å²) in [6.07, 6.45) is 6.91. The topological polar surface area (TPSA) is 42.0 Å². The summed E-state index contributed by atoms with van der Waals surface area (Å²) in [4.78, 5) is 17.8. The first-order valence-corrected chi connectivity index (χ1v) is 9.22. The third-order valence-electron chi connectivity index (χ3n) is 3.79. The number of thiazole rings is 1. The van der Waals surface area contributed by atoms with Gasteiger partial charge in [-0.05, 0) is 26.0 Å².